The van der Waals surface area contributed by atoms with E-state index in [0.717, 1.165) is 18.7 Å². The summed E-state index contributed by atoms with van der Waals surface area (Å²) in [6.07, 6.45) is 3.48. The molecule has 2 aromatic rings. The molecule has 0 saturated carbocycles. The van der Waals surface area contributed by atoms with Crippen LogP contribution in [0.15, 0.2) is 36.7 Å². The van der Waals surface area contributed by atoms with Crippen LogP contribution in [0.4, 0.5) is 4.39 Å². The number of hydrogen-bond donors (Lipinski definition) is 0. The Labute approximate surface area is 146 Å². The number of benzene rings is 1. The number of amides is 1. The van der Waals surface area contributed by atoms with Crippen LogP contribution < -0.4 is 4.74 Å². The Hall–Kier alpha value is -2.41. The molecule has 1 fully saturated rings. The van der Waals surface area contributed by atoms with Crippen LogP contribution in [0.3, 0.4) is 0 Å². The van der Waals surface area contributed by atoms with E-state index in [2.05, 4.69) is 10.00 Å². The van der Waals surface area contributed by atoms with Crippen molar-refractivity contribution in [3.8, 4) is 5.75 Å². The van der Waals surface area contributed by atoms with Gasteiger partial charge in [-0.3, -0.25) is 14.4 Å². The van der Waals surface area contributed by atoms with Gasteiger partial charge in [0, 0.05) is 45.1 Å². The number of carbonyl (C=O) groups excluding carboxylic acids is 1. The quantitative estimate of drug-likeness (QED) is 0.830. The van der Waals surface area contributed by atoms with Crippen molar-refractivity contribution in [2.45, 2.75) is 19.5 Å². The van der Waals surface area contributed by atoms with Crippen LogP contribution in [-0.4, -0.2) is 58.8 Å². The van der Waals surface area contributed by atoms with E-state index < -0.39 is 0 Å². The van der Waals surface area contributed by atoms with Gasteiger partial charge in [0.25, 0.3) is 0 Å². The Morgan fingerprint density at radius 3 is 2.68 bits per heavy atom. The summed E-state index contributed by atoms with van der Waals surface area (Å²) in [6, 6.07) is 6.55. The molecule has 0 aliphatic carbocycles. The molecule has 7 heteroatoms. The summed E-state index contributed by atoms with van der Waals surface area (Å²) in [5.74, 6) is -0.00696. The zero-order chi connectivity index (χ0) is 17.8. The predicted octanol–water partition coefficient (Wildman–Crippen LogP) is 1.94. The van der Waals surface area contributed by atoms with E-state index in [-0.39, 0.29) is 23.5 Å². The Morgan fingerprint density at radius 1 is 1.32 bits per heavy atom. The maximum Gasteiger partial charge on any atom is 0.247 e. The molecular weight excluding hydrogens is 323 g/mol. The predicted molar refractivity (Wildman–Crippen MR) is 91.7 cm³/mol. The highest BCUT2D eigenvalue weighted by Crippen LogP contribution is 2.19. The van der Waals surface area contributed by atoms with Crippen molar-refractivity contribution in [1.29, 1.82) is 0 Å². The fraction of sp³-hybridized carbons (Fsp3) is 0.444. The van der Waals surface area contributed by atoms with Gasteiger partial charge in [-0.15, -0.1) is 0 Å². The molecule has 1 saturated heterocycles. The van der Waals surface area contributed by atoms with Crippen LogP contribution in [-0.2, 0) is 11.3 Å². The van der Waals surface area contributed by atoms with Gasteiger partial charge >= 0.3 is 0 Å². The van der Waals surface area contributed by atoms with Crippen LogP contribution in [0.25, 0.3) is 0 Å². The minimum atomic E-state index is -0.345. The van der Waals surface area contributed by atoms with Crippen molar-refractivity contribution in [3.63, 3.8) is 0 Å². The summed E-state index contributed by atoms with van der Waals surface area (Å²) in [4.78, 5) is 16.7. The second kappa shape index (κ2) is 7.65. The van der Waals surface area contributed by atoms with Crippen molar-refractivity contribution in [1.82, 2.24) is 19.6 Å². The van der Waals surface area contributed by atoms with Crippen molar-refractivity contribution in [3.05, 3.63) is 48.0 Å². The Balaban J connectivity index is 1.53. The van der Waals surface area contributed by atoms with Crippen LogP contribution in [0.2, 0.25) is 0 Å². The van der Waals surface area contributed by atoms with Gasteiger partial charge in [0.1, 0.15) is 6.04 Å². The van der Waals surface area contributed by atoms with E-state index in [1.54, 1.807) is 23.1 Å². The van der Waals surface area contributed by atoms with Crippen LogP contribution in [0, 0.1) is 5.82 Å². The van der Waals surface area contributed by atoms with Gasteiger partial charge in [0.2, 0.25) is 5.91 Å². The van der Waals surface area contributed by atoms with E-state index in [9.17, 15) is 9.18 Å². The second-order valence-corrected chi connectivity index (χ2v) is 6.23. The van der Waals surface area contributed by atoms with Gasteiger partial charge in [-0.05, 0) is 30.7 Å². The molecule has 1 amide bonds. The van der Waals surface area contributed by atoms with Gasteiger partial charge < -0.3 is 9.64 Å². The number of piperazine rings is 1. The molecule has 0 spiro atoms. The lowest BCUT2D eigenvalue weighted by Gasteiger charge is -2.36. The number of carbonyl (C=O) groups is 1. The van der Waals surface area contributed by atoms with E-state index in [1.165, 1.54) is 13.2 Å². The minimum absolute atomic E-state index is 0.0823. The topological polar surface area (TPSA) is 50.6 Å². The zero-order valence-corrected chi connectivity index (χ0v) is 14.6. The molecule has 0 radical (unpaired) electrons. The summed E-state index contributed by atoms with van der Waals surface area (Å²) in [5.41, 5.74) is 0.906. The molecule has 1 aromatic carbocycles. The lowest BCUT2D eigenvalue weighted by Crippen LogP contribution is -2.49. The first-order valence-corrected chi connectivity index (χ1v) is 8.41. The average Bonchev–Trinajstić information content (AvgIpc) is 3.16. The molecule has 0 bridgehead atoms. The summed E-state index contributed by atoms with van der Waals surface area (Å²) >= 11 is 0. The highest BCUT2D eigenvalue weighted by atomic mass is 19.1. The third-order valence-corrected chi connectivity index (χ3v) is 4.59. The molecular formula is C18H23FN4O2. The normalized spacial score (nSPS) is 16.7. The second-order valence-electron chi connectivity index (χ2n) is 6.23. The zero-order valence-electron chi connectivity index (χ0n) is 14.6. The molecule has 1 aromatic heterocycles. The Kier molecular flexibility index (Phi) is 5.33. The van der Waals surface area contributed by atoms with Crippen molar-refractivity contribution < 1.29 is 13.9 Å². The van der Waals surface area contributed by atoms with Gasteiger partial charge in [0.15, 0.2) is 11.6 Å². The van der Waals surface area contributed by atoms with Crippen molar-refractivity contribution in [2.75, 3.05) is 33.3 Å². The van der Waals surface area contributed by atoms with E-state index in [1.807, 2.05) is 24.0 Å². The van der Waals surface area contributed by atoms with E-state index >= 15 is 0 Å². The number of hydrogen-bond acceptors (Lipinski definition) is 4. The van der Waals surface area contributed by atoms with E-state index in [4.69, 9.17) is 4.74 Å². The first kappa shape index (κ1) is 17.4. The summed E-state index contributed by atoms with van der Waals surface area (Å²) in [6.45, 7) is 5.40. The number of ether oxygens (including phenoxy) is 1. The lowest BCUT2D eigenvalue weighted by atomic mass is 10.1. The summed E-state index contributed by atoms with van der Waals surface area (Å²) < 4.78 is 20.4. The van der Waals surface area contributed by atoms with Gasteiger partial charge in [0.05, 0.1) is 7.11 Å². The molecule has 2 heterocycles. The molecule has 0 unspecified atom stereocenters. The molecule has 1 aliphatic heterocycles. The number of nitrogens with zero attached hydrogens (tertiary/aromatic N) is 4. The highest BCUT2D eigenvalue weighted by Gasteiger charge is 2.26. The molecule has 6 nitrogen and oxygen atoms in total. The first-order valence-electron chi connectivity index (χ1n) is 8.41. The average molecular weight is 346 g/mol. The van der Waals surface area contributed by atoms with Gasteiger partial charge in [-0.1, -0.05) is 6.07 Å². The molecule has 134 valence electrons. The maximum absolute atomic E-state index is 13.8. The van der Waals surface area contributed by atoms with Gasteiger partial charge in [-0.2, -0.15) is 5.10 Å². The fourth-order valence-corrected chi connectivity index (χ4v) is 3.08. The fourth-order valence-electron chi connectivity index (χ4n) is 3.08. The van der Waals surface area contributed by atoms with E-state index in [0.29, 0.717) is 19.6 Å². The monoisotopic (exact) mass is 346 g/mol. The largest absolute Gasteiger partial charge is 0.494 e. The third-order valence-electron chi connectivity index (χ3n) is 4.59. The Morgan fingerprint density at radius 2 is 2.08 bits per heavy atom. The Bertz CT molecular complexity index is 712. The molecule has 1 atom stereocenters. The number of methoxy groups -OCH3 is 1. The number of halogens is 1. The van der Waals surface area contributed by atoms with Crippen molar-refractivity contribution in [2.24, 2.45) is 0 Å². The van der Waals surface area contributed by atoms with Crippen LogP contribution in [0.1, 0.15) is 18.5 Å². The lowest BCUT2D eigenvalue weighted by molar-refractivity contribution is -0.136. The summed E-state index contributed by atoms with van der Waals surface area (Å²) in [7, 11) is 1.46. The number of rotatable bonds is 5. The smallest absolute Gasteiger partial charge is 0.247 e. The van der Waals surface area contributed by atoms with Crippen LogP contribution >= 0.6 is 0 Å². The highest BCUT2D eigenvalue weighted by molar-refractivity contribution is 5.80. The summed E-state index contributed by atoms with van der Waals surface area (Å²) in [5, 5.41) is 4.14. The minimum Gasteiger partial charge on any atom is -0.494 e. The SMILES string of the molecule is COc1ccc(CN2CCN(C(=O)[C@H](C)n3cccn3)CC2)cc1F. The molecule has 1 aliphatic rings. The maximum atomic E-state index is 13.8. The molecule has 0 N–H and O–H groups in total. The molecule has 25 heavy (non-hydrogen) atoms. The first-order chi connectivity index (χ1) is 12.1. The van der Waals surface area contributed by atoms with Crippen molar-refractivity contribution >= 4 is 5.91 Å². The number of aromatic nitrogens is 2. The van der Waals surface area contributed by atoms with Gasteiger partial charge in [-0.25, -0.2) is 4.39 Å². The third kappa shape index (κ3) is 3.99. The van der Waals surface area contributed by atoms with Crippen LogP contribution in [0.5, 0.6) is 5.75 Å². The molecule has 3 rings (SSSR count). The standard InChI is InChI=1S/C18H23FN4O2/c1-14(23-7-3-6-20-23)18(24)22-10-8-21(9-11-22)13-15-4-5-17(25-2)16(19)12-15/h3-7,12,14H,8-11,13H2,1-2H3/t14-/m0/s1.